The molecule has 0 spiro atoms. The minimum Gasteiger partial charge on any atom is -0.300 e. The van der Waals surface area contributed by atoms with Crippen LogP contribution in [0, 0.1) is 6.92 Å². The lowest BCUT2D eigenvalue weighted by Gasteiger charge is -2.48. The van der Waals surface area contributed by atoms with Gasteiger partial charge in [-0.15, -0.1) is 6.58 Å². The fourth-order valence-electron chi connectivity index (χ4n) is 5.06. The Hall–Kier alpha value is -1.12. The number of hydrogen-bond donors (Lipinski definition) is 0. The Morgan fingerprint density at radius 2 is 1.85 bits per heavy atom. The van der Waals surface area contributed by atoms with Gasteiger partial charge in [-0.25, -0.2) is 0 Å². The summed E-state index contributed by atoms with van der Waals surface area (Å²) in [6, 6.07) is 7.98. The van der Waals surface area contributed by atoms with Crippen molar-refractivity contribution in [3.8, 4) is 0 Å². The Balaban J connectivity index is 2.19. The lowest BCUT2D eigenvalue weighted by atomic mass is 9.72. The third kappa shape index (κ3) is 5.23. The number of unbranched alkanes of at least 4 members (excludes halogenated alkanes) is 1. The molecule has 0 saturated heterocycles. The van der Waals surface area contributed by atoms with E-state index in [0.29, 0.717) is 6.04 Å². The van der Waals surface area contributed by atoms with E-state index >= 15 is 0 Å². The summed E-state index contributed by atoms with van der Waals surface area (Å²) in [5.41, 5.74) is 4.72. The van der Waals surface area contributed by atoms with E-state index in [2.05, 4.69) is 75.5 Å². The fraction of sp³-hybridized carbons (Fsp3) is 0.680. The molecule has 0 unspecified atom stereocenters. The summed E-state index contributed by atoms with van der Waals surface area (Å²) in [4.78, 5) is 5.14. The van der Waals surface area contributed by atoms with Crippen molar-refractivity contribution in [2.24, 2.45) is 0 Å². The predicted molar refractivity (Wildman–Crippen MR) is 119 cm³/mol. The van der Waals surface area contributed by atoms with E-state index < -0.39 is 0 Å². The molecule has 2 nitrogen and oxygen atoms in total. The van der Waals surface area contributed by atoms with Crippen LogP contribution >= 0.6 is 0 Å². The topological polar surface area (TPSA) is 6.48 Å². The van der Waals surface area contributed by atoms with Crippen molar-refractivity contribution in [2.45, 2.75) is 83.7 Å². The maximum atomic E-state index is 3.97. The van der Waals surface area contributed by atoms with Crippen LogP contribution < -0.4 is 0 Å². The van der Waals surface area contributed by atoms with Gasteiger partial charge in [0, 0.05) is 18.1 Å². The zero-order chi connectivity index (χ0) is 19.9. The highest BCUT2D eigenvalue weighted by Crippen LogP contribution is 2.43. The van der Waals surface area contributed by atoms with Crippen LogP contribution in [0.15, 0.2) is 30.9 Å². The molecular formula is C25H42N2. The van der Waals surface area contributed by atoms with Gasteiger partial charge in [0.2, 0.25) is 0 Å². The molecule has 1 aromatic rings. The molecule has 0 aliphatic heterocycles. The highest BCUT2D eigenvalue weighted by Gasteiger charge is 2.40. The summed E-state index contributed by atoms with van der Waals surface area (Å²) in [6.07, 6.45) is 12.1. The number of aryl methyl sites for hydroxylation is 2. The summed E-state index contributed by atoms with van der Waals surface area (Å²) in [5, 5.41) is 0. The minimum atomic E-state index is 0.190. The Morgan fingerprint density at radius 3 is 2.37 bits per heavy atom. The summed E-state index contributed by atoms with van der Waals surface area (Å²) in [5.74, 6) is 0. The summed E-state index contributed by atoms with van der Waals surface area (Å²) < 4.78 is 0. The third-order valence-electron chi connectivity index (χ3n) is 6.64. The molecule has 0 heterocycles. The van der Waals surface area contributed by atoms with Gasteiger partial charge in [0.1, 0.15) is 0 Å². The van der Waals surface area contributed by atoms with Crippen molar-refractivity contribution in [2.75, 3.05) is 27.2 Å². The van der Waals surface area contributed by atoms with Gasteiger partial charge in [-0.2, -0.15) is 0 Å². The molecule has 0 radical (unpaired) electrons. The first-order valence-corrected chi connectivity index (χ1v) is 11.1. The second-order valence-electron chi connectivity index (χ2n) is 8.69. The van der Waals surface area contributed by atoms with E-state index in [4.69, 9.17) is 0 Å². The number of nitrogens with zero attached hydrogens (tertiary/aromatic N) is 2. The normalized spacial score (nSPS) is 23.1. The Morgan fingerprint density at radius 1 is 1.15 bits per heavy atom. The van der Waals surface area contributed by atoms with E-state index in [1.165, 1.54) is 69.0 Å². The maximum Gasteiger partial charge on any atom is 0.0458 e. The van der Waals surface area contributed by atoms with Gasteiger partial charge in [0.25, 0.3) is 0 Å². The highest BCUT2D eigenvalue weighted by molar-refractivity contribution is 5.37. The van der Waals surface area contributed by atoms with Gasteiger partial charge in [0.05, 0.1) is 0 Å². The number of hydrogen-bond acceptors (Lipinski definition) is 2. The maximum absolute atomic E-state index is 3.97. The standard InChI is InChI=1S/C25H42N2/c1-7-10-11-22-12-13-24(21(4)20-22)25(26(5)6)16-14-23(15-17-25)27(18-8-2)19-9-3/h8,12-13,20,23H,2,7,9-11,14-19H2,1,3-6H3. The van der Waals surface area contributed by atoms with E-state index in [9.17, 15) is 0 Å². The monoisotopic (exact) mass is 370 g/mol. The zero-order valence-electron chi connectivity index (χ0n) is 18.6. The Bertz CT molecular complexity index is 582. The predicted octanol–water partition coefficient (Wildman–Crippen LogP) is 5.94. The van der Waals surface area contributed by atoms with Crippen molar-refractivity contribution < 1.29 is 0 Å². The quantitative estimate of drug-likeness (QED) is 0.471. The molecule has 27 heavy (non-hydrogen) atoms. The van der Waals surface area contributed by atoms with E-state index in [1.54, 1.807) is 5.56 Å². The summed E-state index contributed by atoms with van der Waals surface area (Å²) in [7, 11) is 4.55. The molecule has 1 saturated carbocycles. The van der Waals surface area contributed by atoms with Crippen LogP contribution in [-0.4, -0.2) is 43.0 Å². The van der Waals surface area contributed by atoms with Crippen LogP contribution in [0.4, 0.5) is 0 Å². The molecule has 0 amide bonds. The second kappa shape index (κ2) is 10.4. The molecule has 1 aliphatic rings. The van der Waals surface area contributed by atoms with Gasteiger partial charge in [0.15, 0.2) is 0 Å². The van der Waals surface area contributed by atoms with Crippen LogP contribution in [-0.2, 0) is 12.0 Å². The average Bonchev–Trinajstić information content (AvgIpc) is 2.66. The molecule has 1 fully saturated rings. The van der Waals surface area contributed by atoms with E-state index in [-0.39, 0.29) is 5.54 Å². The first-order valence-electron chi connectivity index (χ1n) is 11.1. The number of rotatable bonds is 10. The van der Waals surface area contributed by atoms with Crippen LogP contribution in [0.25, 0.3) is 0 Å². The largest absolute Gasteiger partial charge is 0.300 e. The molecule has 2 heteroatoms. The molecule has 152 valence electrons. The average molecular weight is 371 g/mol. The molecule has 1 aliphatic carbocycles. The highest BCUT2D eigenvalue weighted by atomic mass is 15.2. The van der Waals surface area contributed by atoms with Gasteiger partial charge >= 0.3 is 0 Å². The second-order valence-corrected chi connectivity index (χ2v) is 8.69. The van der Waals surface area contributed by atoms with Crippen LogP contribution in [0.5, 0.6) is 0 Å². The van der Waals surface area contributed by atoms with Crippen LogP contribution in [0.1, 0.15) is 75.5 Å². The number of benzene rings is 1. The molecule has 0 bridgehead atoms. The summed E-state index contributed by atoms with van der Waals surface area (Å²) >= 11 is 0. The molecule has 0 aromatic heterocycles. The lowest BCUT2D eigenvalue weighted by molar-refractivity contribution is 0.0523. The summed E-state index contributed by atoms with van der Waals surface area (Å²) in [6.45, 7) is 13.1. The van der Waals surface area contributed by atoms with E-state index in [1.807, 2.05) is 0 Å². The van der Waals surface area contributed by atoms with E-state index in [0.717, 1.165) is 6.54 Å². The van der Waals surface area contributed by atoms with Crippen molar-refractivity contribution in [1.82, 2.24) is 9.80 Å². The van der Waals surface area contributed by atoms with Gasteiger partial charge < -0.3 is 0 Å². The van der Waals surface area contributed by atoms with Crippen molar-refractivity contribution in [3.63, 3.8) is 0 Å². The SMILES string of the molecule is C=CCN(CCC)C1CCC(c2ccc(CCCC)cc2C)(N(C)C)CC1. The van der Waals surface area contributed by atoms with Crippen molar-refractivity contribution in [3.05, 3.63) is 47.5 Å². The Labute approximate surface area is 168 Å². The van der Waals surface area contributed by atoms with Crippen LogP contribution in [0.3, 0.4) is 0 Å². The van der Waals surface area contributed by atoms with Gasteiger partial charge in [-0.1, -0.05) is 44.5 Å². The Kier molecular flexibility index (Phi) is 8.57. The molecule has 0 atom stereocenters. The smallest absolute Gasteiger partial charge is 0.0458 e. The molecule has 1 aromatic carbocycles. The van der Waals surface area contributed by atoms with Gasteiger partial charge in [-0.05, 0) is 89.2 Å². The molecule has 2 rings (SSSR count). The van der Waals surface area contributed by atoms with Crippen LogP contribution in [0.2, 0.25) is 0 Å². The first-order chi connectivity index (χ1) is 13.0. The van der Waals surface area contributed by atoms with Crippen molar-refractivity contribution >= 4 is 0 Å². The molecule has 0 N–H and O–H groups in total. The molecular weight excluding hydrogens is 328 g/mol. The third-order valence-corrected chi connectivity index (χ3v) is 6.64. The lowest BCUT2D eigenvalue weighted by Crippen LogP contribution is -2.49. The van der Waals surface area contributed by atoms with Gasteiger partial charge in [-0.3, -0.25) is 9.80 Å². The first kappa shape index (κ1) is 22.2. The fourth-order valence-corrected chi connectivity index (χ4v) is 5.06. The minimum absolute atomic E-state index is 0.190. The van der Waals surface area contributed by atoms with Crippen molar-refractivity contribution in [1.29, 1.82) is 0 Å². The zero-order valence-corrected chi connectivity index (χ0v) is 18.6.